The smallest absolute Gasteiger partial charge is 0.168 e. The van der Waals surface area contributed by atoms with Crippen LogP contribution < -0.4 is 14.8 Å². The number of benzene rings is 1. The molecule has 5 heteroatoms. The van der Waals surface area contributed by atoms with Gasteiger partial charge in [0, 0.05) is 39.1 Å². The second kappa shape index (κ2) is 8.00. The summed E-state index contributed by atoms with van der Waals surface area (Å²) in [5.41, 5.74) is 0.610. The average molecular weight is 292 g/mol. The largest absolute Gasteiger partial charge is 0.496 e. The summed E-state index contributed by atoms with van der Waals surface area (Å²) in [5.74, 6) is 1.43. The van der Waals surface area contributed by atoms with Crippen LogP contribution in [0.4, 0.5) is 0 Å². The molecule has 1 heterocycles. The van der Waals surface area contributed by atoms with E-state index in [4.69, 9.17) is 9.47 Å². The van der Waals surface area contributed by atoms with Gasteiger partial charge in [-0.2, -0.15) is 0 Å². The van der Waals surface area contributed by atoms with E-state index >= 15 is 0 Å². The number of hydrogen-bond acceptors (Lipinski definition) is 5. The predicted molar refractivity (Wildman–Crippen MR) is 82.4 cm³/mol. The molecule has 1 N–H and O–H groups in total. The van der Waals surface area contributed by atoms with Crippen molar-refractivity contribution in [2.75, 3.05) is 46.4 Å². The van der Waals surface area contributed by atoms with E-state index in [-0.39, 0.29) is 5.78 Å². The number of nitrogens with one attached hydrogen (secondary N) is 1. The Labute approximate surface area is 126 Å². The molecule has 1 saturated heterocycles. The minimum atomic E-state index is 0.104. The van der Waals surface area contributed by atoms with Crippen molar-refractivity contribution >= 4 is 5.78 Å². The first kappa shape index (κ1) is 15.8. The number of nitrogens with zero attached hydrogens (tertiary/aromatic N) is 1. The Balaban J connectivity index is 2.00. The lowest BCUT2D eigenvalue weighted by Crippen LogP contribution is -2.44. The van der Waals surface area contributed by atoms with E-state index in [0.717, 1.165) is 32.7 Å². The summed E-state index contributed by atoms with van der Waals surface area (Å²) in [7, 11) is 1.59. The quantitative estimate of drug-likeness (QED) is 0.773. The Morgan fingerprint density at radius 2 is 2.10 bits per heavy atom. The molecular formula is C16H24N2O3. The van der Waals surface area contributed by atoms with Gasteiger partial charge in [0.25, 0.3) is 0 Å². The van der Waals surface area contributed by atoms with Crippen LogP contribution in [-0.4, -0.2) is 57.1 Å². The highest BCUT2D eigenvalue weighted by Gasteiger charge is 2.16. The Bertz CT molecular complexity index is 471. The van der Waals surface area contributed by atoms with Gasteiger partial charge in [-0.25, -0.2) is 0 Å². The van der Waals surface area contributed by atoms with Crippen molar-refractivity contribution in [1.82, 2.24) is 10.2 Å². The van der Waals surface area contributed by atoms with Crippen LogP contribution in [0, 0.1) is 0 Å². The van der Waals surface area contributed by atoms with Crippen LogP contribution in [0.5, 0.6) is 11.5 Å². The highest BCUT2D eigenvalue weighted by Crippen LogP contribution is 2.25. The van der Waals surface area contributed by atoms with Gasteiger partial charge >= 0.3 is 0 Å². The van der Waals surface area contributed by atoms with Gasteiger partial charge in [-0.1, -0.05) is 0 Å². The fourth-order valence-electron chi connectivity index (χ4n) is 2.49. The average Bonchev–Trinajstić information content (AvgIpc) is 2.54. The molecule has 1 aromatic rings. The zero-order valence-electron chi connectivity index (χ0n) is 12.9. The standard InChI is InChI=1S/C16H24N2O3/c1-3-21-13-4-5-16(20-2)14(12-13)15(19)6-9-18-10-7-17-8-11-18/h4-5,12,17H,3,6-11H2,1-2H3. The summed E-state index contributed by atoms with van der Waals surface area (Å²) in [5, 5.41) is 3.31. The van der Waals surface area contributed by atoms with Crippen molar-refractivity contribution in [3.05, 3.63) is 23.8 Å². The van der Waals surface area contributed by atoms with Gasteiger partial charge in [-0.3, -0.25) is 4.79 Å². The van der Waals surface area contributed by atoms with Crippen LogP contribution in [0.3, 0.4) is 0 Å². The zero-order chi connectivity index (χ0) is 15.1. The molecule has 0 radical (unpaired) electrons. The number of carbonyl (C=O) groups is 1. The van der Waals surface area contributed by atoms with Crippen molar-refractivity contribution in [2.45, 2.75) is 13.3 Å². The third kappa shape index (κ3) is 4.44. The highest BCUT2D eigenvalue weighted by atomic mass is 16.5. The number of piperazine rings is 1. The summed E-state index contributed by atoms with van der Waals surface area (Å²) in [6, 6.07) is 5.40. The molecule has 5 nitrogen and oxygen atoms in total. The number of rotatable bonds is 7. The second-order valence-electron chi connectivity index (χ2n) is 5.06. The van der Waals surface area contributed by atoms with Gasteiger partial charge in [0.2, 0.25) is 0 Å². The molecular weight excluding hydrogens is 268 g/mol. The fraction of sp³-hybridized carbons (Fsp3) is 0.562. The molecule has 1 fully saturated rings. The molecule has 0 spiro atoms. The van der Waals surface area contributed by atoms with E-state index in [1.165, 1.54) is 0 Å². The van der Waals surface area contributed by atoms with Gasteiger partial charge < -0.3 is 19.7 Å². The van der Waals surface area contributed by atoms with Crippen LogP contribution in [0.25, 0.3) is 0 Å². The maximum absolute atomic E-state index is 12.4. The van der Waals surface area contributed by atoms with Gasteiger partial charge in [0.15, 0.2) is 5.78 Å². The Kier molecular flexibility index (Phi) is 6.02. The molecule has 0 aliphatic carbocycles. The minimum absolute atomic E-state index is 0.104. The minimum Gasteiger partial charge on any atom is -0.496 e. The number of methoxy groups -OCH3 is 1. The van der Waals surface area contributed by atoms with Crippen molar-refractivity contribution in [3.8, 4) is 11.5 Å². The third-order valence-electron chi connectivity index (χ3n) is 3.65. The maximum atomic E-state index is 12.4. The van der Waals surface area contributed by atoms with Gasteiger partial charge in [0.1, 0.15) is 11.5 Å². The van der Waals surface area contributed by atoms with Crippen molar-refractivity contribution in [2.24, 2.45) is 0 Å². The van der Waals surface area contributed by atoms with E-state index in [9.17, 15) is 4.79 Å². The van der Waals surface area contributed by atoms with Crippen LogP contribution >= 0.6 is 0 Å². The van der Waals surface area contributed by atoms with E-state index < -0.39 is 0 Å². The summed E-state index contributed by atoms with van der Waals surface area (Å²) in [6.07, 6.45) is 0.506. The first-order chi connectivity index (χ1) is 10.2. The van der Waals surface area contributed by atoms with Gasteiger partial charge in [-0.15, -0.1) is 0 Å². The van der Waals surface area contributed by atoms with Crippen LogP contribution in [0.2, 0.25) is 0 Å². The molecule has 1 aliphatic heterocycles. The molecule has 116 valence electrons. The molecule has 0 aromatic heterocycles. The van der Waals surface area contributed by atoms with E-state index in [0.29, 0.717) is 30.1 Å². The monoisotopic (exact) mass is 292 g/mol. The highest BCUT2D eigenvalue weighted by molar-refractivity contribution is 5.99. The Morgan fingerprint density at radius 1 is 1.33 bits per heavy atom. The molecule has 0 bridgehead atoms. The molecule has 1 aliphatic rings. The zero-order valence-corrected chi connectivity index (χ0v) is 12.9. The van der Waals surface area contributed by atoms with E-state index in [2.05, 4.69) is 10.2 Å². The van der Waals surface area contributed by atoms with Crippen molar-refractivity contribution in [1.29, 1.82) is 0 Å². The summed E-state index contributed by atoms with van der Waals surface area (Å²) < 4.78 is 10.8. The van der Waals surface area contributed by atoms with E-state index in [1.807, 2.05) is 13.0 Å². The molecule has 0 amide bonds. The normalized spacial score (nSPS) is 15.7. The molecule has 2 rings (SSSR count). The summed E-state index contributed by atoms with van der Waals surface area (Å²) in [6.45, 7) is 7.31. The van der Waals surface area contributed by atoms with E-state index in [1.54, 1.807) is 19.2 Å². The first-order valence-electron chi connectivity index (χ1n) is 7.51. The summed E-state index contributed by atoms with van der Waals surface area (Å²) in [4.78, 5) is 14.8. The van der Waals surface area contributed by atoms with Crippen LogP contribution in [0.1, 0.15) is 23.7 Å². The first-order valence-corrected chi connectivity index (χ1v) is 7.51. The number of hydrogen-bond donors (Lipinski definition) is 1. The molecule has 0 saturated carbocycles. The van der Waals surface area contributed by atoms with Crippen molar-refractivity contribution in [3.63, 3.8) is 0 Å². The second-order valence-corrected chi connectivity index (χ2v) is 5.06. The van der Waals surface area contributed by atoms with Gasteiger partial charge in [-0.05, 0) is 25.1 Å². The predicted octanol–water partition coefficient (Wildman–Crippen LogP) is 1.57. The molecule has 0 atom stereocenters. The third-order valence-corrected chi connectivity index (χ3v) is 3.65. The van der Waals surface area contributed by atoms with Crippen LogP contribution in [0.15, 0.2) is 18.2 Å². The lowest BCUT2D eigenvalue weighted by atomic mass is 10.1. The van der Waals surface area contributed by atoms with Crippen LogP contribution in [-0.2, 0) is 0 Å². The number of carbonyl (C=O) groups excluding carboxylic acids is 1. The molecule has 21 heavy (non-hydrogen) atoms. The Morgan fingerprint density at radius 3 is 2.76 bits per heavy atom. The molecule has 1 aromatic carbocycles. The number of Topliss-reactive ketones (excluding diaryl/α,β-unsaturated/α-hetero) is 1. The lowest BCUT2D eigenvalue weighted by Gasteiger charge is -2.26. The SMILES string of the molecule is CCOc1ccc(OC)c(C(=O)CCN2CCNCC2)c1. The van der Waals surface area contributed by atoms with Crippen molar-refractivity contribution < 1.29 is 14.3 Å². The lowest BCUT2D eigenvalue weighted by molar-refractivity contribution is 0.0957. The Hall–Kier alpha value is -1.59. The number of ether oxygens (including phenoxy) is 2. The topological polar surface area (TPSA) is 50.8 Å². The fourth-order valence-corrected chi connectivity index (χ4v) is 2.49. The number of ketones is 1. The molecule has 0 unspecified atom stereocenters. The summed E-state index contributed by atoms with van der Waals surface area (Å²) >= 11 is 0. The maximum Gasteiger partial charge on any atom is 0.168 e. The van der Waals surface area contributed by atoms with Gasteiger partial charge in [0.05, 0.1) is 19.3 Å².